The molecule has 0 radical (unpaired) electrons. The SMILES string of the molecule is CC(=O)Nc1ccc(O)c(-c2ccnn2C)c1.Cn1nccc1-c1cc(N)ccc1O. The fourth-order valence-electron chi connectivity index (χ4n) is 3.06. The lowest BCUT2D eigenvalue weighted by Gasteiger charge is -2.08. The Kier molecular flexibility index (Phi) is 6.25. The molecule has 9 nitrogen and oxygen atoms in total. The quantitative estimate of drug-likeness (QED) is 0.297. The third-order valence-corrected chi connectivity index (χ3v) is 4.53. The number of nitrogens with one attached hydrogen (secondary N) is 1. The van der Waals surface area contributed by atoms with Crippen LogP contribution in [-0.4, -0.2) is 35.7 Å². The van der Waals surface area contributed by atoms with Crippen LogP contribution in [0.5, 0.6) is 11.5 Å². The van der Waals surface area contributed by atoms with Crippen molar-refractivity contribution < 1.29 is 15.0 Å². The summed E-state index contributed by atoms with van der Waals surface area (Å²) in [6.45, 7) is 1.44. The van der Waals surface area contributed by atoms with Gasteiger partial charge < -0.3 is 21.3 Å². The predicted molar refractivity (Wildman–Crippen MR) is 119 cm³/mol. The zero-order valence-corrected chi connectivity index (χ0v) is 17.4. The number of hydrogen-bond acceptors (Lipinski definition) is 6. The van der Waals surface area contributed by atoms with Gasteiger partial charge in [0, 0.05) is 55.9 Å². The summed E-state index contributed by atoms with van der Waals surface area (Å²) in [5.41, 5.74) is 9.88. The molecule has 0 bridgehead atoms. The zero-order chi connectivity index (χ0) is 22.5. The molecule has 0 atom stereocenters. The van der Waals surface area contributed by atoms with Crippen molar-refractivity contribution in [2.75, 3.05) is 11.1 Å². The number of nitrogen functional groups attached to an aromatic ring is 1. The topological polar surface area (TPSA) is 131 Å². The van der Waals surface area contributed by atoms with Gasteiger partial charge in [0.25, 0.3) is 0 Å². The van der Waals surface area contributed by atoms with Crippen molar-refractivity contribution in [3.05, 3.63) is 60.9 Å². The van der Waals surface area contributed by atoms with Crippen molar-refractivity contribution in [3.8, 4) is 34.0 Å². The summed E-state index contributed by atoms with van der Waals surface area (Å²) in [6, 6.07) is 13.5. The Morgan fingerprint density at radius 1 is 0.871 bits per heavy atom. The van der Waals surface area contributed by atoms with Crippen LogP contribution in [0.25, 0.3) is 22.5 Å². The molecule has 4 rings (SSSR count). The molecule has 0 aliphatic rings. The standard InChI is InChI=1S/C12H13N3O2.C10H11N3O/c1-8(16)14-9-3-4-12(17)10(7-9)11-5-6-13-15(11)2;1-13-9(4-5-12-13)8-6-7(11)2-3-10(8)14/h3-7,17H,1-2H3,(H,14,16);2-6,14H,11H2,1H3. The number of anilines is 2. The average molecular weight is 420 g/mol. The van der Waals surface area contributed by atoms with E-state index in [-0.39, 0.29) is 17.4 Å². The van der Waals surface area contributed by atoms with E-state index >= 15 is 0 Å². The van der Waals surface area contributed by atoms with E-state index in [9.17, 15) is 15.0 Å². The van der Waals surface area contributed by atoms with Gasteiger partial charge in [-0.25, -0.2) is 0 Å². The summed E-state index contributed by atoms with van der Waals surface area (Å²) in [5.74, 6) is 0.220. The van der Waals surface area contributed by atoms with Crippen LogP contribution in [0.2, 0.25) is 0 Å². The molecule has 0 aliphatic heterocycles. The molecule has 160 valence electrons. The van der Waals surface area contributed by atoms with E-state index in [1.165, 1.54) is 6.92 Å². The van der Waals surface area contributed by atoms with Crippen molar-refractivity contribution in [1.82, 2.24) is 19.6 Å². The van der Waals surface area contributed by atoms with E-state index in [1.54, 1.807) is 71.3 Å². The van der Waals surface area contributed by atoms with Crippen LogP contribution in [-0.2, 0) is 18.9 Å². The van der Waals surface area contributed by atoms with Gasteiger partial charge in [0.1, 0.15) is 11.5 Å². The minimum absolute atomic E-state index is 0.147. The summed E-state index contributed by atoms with van der Waals surface area (Å²) in [6.07, 6.45) is 3.33. The smallest absolute Gasteiger partial charge is 0.221 e. The molecule has 2 aromatic heterocycles. The lowest BCUT2D eigenvalue weighted by Crippen LogP contribution is -2.05. The van der Waals surface area contributed by atoms with Gasteiger partial charge in [0.2, 0.25) is 5.91 Å². The van der Waals surface area contributed by atoms with Crippen LogP contribution in [0.3, 0.4) is 0 Å². The Labute approximate surface area is 179 Å². The van der Waals surface area contributed by atoms with Gasteiger partial charge in [0.05, 0.1) is 11.4 Å². The van der Waals surface area contributed by atoms with Crippen LogP contribution in [0.1, 0.15) is 6.92 Å². The predicted octanol–water partition coefficient (Wildman–Crippen LogP) is 3.13. The number of aromatic hydroxyl groups is 2. The van der Waals surface area contributed by atoms with E-state index in [2.05, 4.69) is 15.5 Å². The van der Waals surface area contributed by atoms with E-state index in [0.29, 0.717) is 22.5 Å². The lowest BCUT2D eigenvalue weighted by molar-refractivity contribution is -0.114. The Morgan fingerprint density at radius 3 is 1.87 bits per heavy atom. The van der Waals surface area contributed by atoms with Crippen LogP contribution >= 0.6 is 0 Å². The number of carbonyl (C=O) groups is 1. The Bertz CT molecular complexity index is 1210. The monoisotopic (exact) mass is 420 g/mol. The van der Waals surface area contributed by atoms with Crippen LogP contribution in [0, 0.1) is 0 Å². The molecule has 9 heteroatoms. The molecule has 1 amide bonds. The molecule has 0 saturated heterocycles. The third-order valence-electron chi connectivity index (χ3n) is 4.53. The fraction of sp³-hybridized carbons (Fsp3) is 0.136. The number of nitrogens with zero attached hydrogens (tertiary/aromatic N) is 4. The highest BCUT2D eigenvalue weighted by Crippen LogP contribution is 2.31. The first-order chi connectivity index (χ1) is 14.8. The number of carbonyl (C=O) groups excluding carboxylic acids is 1. The van der Waals surface area contributed by atoms with Crippen molar-refractivity contribution in [2.45, 2.75) is 6.92 Å². The largest absolute Gasteiger partial charge is 0.507 e. The molecule has 0 unspecified atom stereocenters. The summed E-state index contributed by atoms with van der Waals surface area (Å²) >= 11 is 0. The normalized spacial score (nSPS) is 10.3. The Hall–Kier alpha value is -4.27. The highest BCUT2D eigenvalue weighted by atomic mass is 16.3. The van der Waals surface area contributed by atoms with Gasteiger partial charge in [-0.3, -0.25) is 14.2 Å². The number of aryl methyl sites for hydroxylation is 2. The van der Waals surface area contributed by atoms with E-state index in [0.717, 1.165) is 11.4 Å². The minimum Gasteiger partial charge on any atom is -0.507 e. The molecular formula is C22H24N6O3. The summed E-state index contributed by atoms with van der Waals surface area (Å²) in [5, 5.41) is 30.2. The van der Waals surface area contributed by atoms with Gasteiger partial charge in [-0.1, -0.05) is 0 Å². The van der Waals surface area contributed by atoms with Gasteiger partial charge in [-0.05, 0) is 48.5 Å². The second-order valence-electron chi connectivity index (χ2n) is 6.87. The average Bonchev–Trinajstić information content (AvgIpc) is 3.33. The zero-order valence-electron chi connectivity index (χ0n) is 17.4. The number of rotatable bonds is 3. The summed E-state index contributed by atoms with van der Waals surface area (Å²) in [4.78, 5) is 11.0. The number of nitrogens with two attached hydrogens (primary N) is 1. The van der Waals surface area contributed by atoms with Gasteiger partial charge in [-0.2, -0.15) is 10.2 Å². The van der Waals surface area contributed by atoms with Gasteiger partial charge in [-0.15, -0.1) is 0 Å². The first-order valence-corrected chi connectivity index (χ1v) is 9.42. The van der Waals surface area contributed by atoms with Crippen molar-refractivity contribution in [2.24, 2.45) is 14.1 Å². The van der Waals surface area contributed by atoms with E-state index in [4.69, 9.17) is 5.73 Å². The van der Waals surface area contributed by atoms with Crippen molar-refractivity contribution >= 4 is 17.3 Å². The molecule has 0 spiro atoms. The van der Waals surface area contributed by atoms with Gasteiger partial charge in [0.15, 0.2) is 0 Å². The molecule has 31 heavy (non-hydrogen) atoms. The van der Waals surface area contributed by atoms with Crippen LogP contribution < -0.4 is 11.1 Å². The first kappa shape index (κ1) is 21.4. The maximum Gasteiger partial charge on any atom is 0.221 e. The van der Waals surface area contributed by atoms with Crippen molar-refractivity contribution in [1.29, 1.82) is 0 Å². The molecule has 2 heterocycles. The van der Waals surface area contributed by atoms with Crippen LogP contribution in [0.15, 0.2) is 60.9 Å². The fourth-order valence-corrected chi connectivity index (χ4v) is 3.06. The molecular weight excluding hydrogens is 396 g/mol. The molecule has 4 aromatic rings. The summed E-state index contributed by atoms with van der Waals surface area (Å²) in [7, 11) is 3.61. The van der Waals surface area contributed by atoms with E-state index in [1.807, 2.05) is 13.1 Å². The second kappa shape index (κ2) is 9.04. The molecule has 2 aromatic carbocycles. The molecule has 5 N–H and O–H groups in total. The molecule has 0 aliphatic carbocycles. The number of hydrogen-bond donors (Lipinski definition) is 4. The van der Waals surface area contributed by atoms with Gasteiger partial charge >= 0.3 is 0 Å². The molecule has 0 saturated carbocycles. The Balaban J connectivity index is 0.000000179. The number of amides is 1. The highest BCUT2D eigenvalue weighted by Gasteiger charge is 2.10. The maximum atomic E-state index is 11.0. The molecule has 0 fully saturated rings. The second-order valence-corrected chi connectivity index (χ2v) is 6.87. The first-order valence-electron chi connectivity index (χ1n) is 9.42. The third kappa shape index (κ3) is 5.02. The number of aromatic nitrogens is 4. The number of phenols is 2. The number of benzene rings is 2. The van der Waals surface area contributed by atoms with Crippen LogP contribution in [0.4, 0.5) is 11.4 Å². The van der Waals surface area contributed by atoms with Crippen molar-refractivity contribution in [3.63, 3.8) is 0 Å². The Morgan fingerprint density at radius 2 is 1.39 bits per heavy atom. The van der Waals surface area contributed by atoms with E-state index < -0.39 is 0 Å². The lowest BCUT2D eigenvalue weighted by atomic mass is 10.1. The highest BCUT2D eigenvalue weighted by molar-refractivity contribution is 5.90. The maximum absolute atomic E-state index is 11.0. The number of phenolic OH excluding ortho intramolecular Hbond substituents is 2. The summed E-state index contributed by atoms with van der Waals surface area (Å²) < 4.78 is 3.35. The minimum atomic E-state index is -0.147.